The Morgan fingerprint density at radius 3 is 2.83 bits per heavy atom. The van der Waals surface area contributed by atoms with Gasteiger partial charge in [0.1, 0.15) is 0 Å². The third kappa shape index (κ3) is 5.23. The van der Waals surface area contributed by atoms with Gasteiger partial charge in [0.15, 0.2) is 6.29 Å². The fourth-order valence-electron chi connectivity index (χ4n) is 1.20. The Morgan fingerprint density at radius 2 is 2.17 bits per heavy atom. The lowest BCUT2D eigenvalue weighted by molar-refractivity contribution is -0.0275. The van der Waals surface area contributed by atoms with Gasteiger partial charge in [-0.1, -0.05) is 12.1 Å². The Hall–Kier alpha value is -2.19. The van der Waals surface area contributed by atoms with Crippen LogP contribution in [0, 0.1) is 0 Å². The summed E-state index contributed by atoms with van der Waals surface area (Å²) in [5.41, 5.74) is 6.89. The molecule has 0 heterocycles. The zero-order valence-corrected chi connectivity index (χ0v) is 9.69. The maximum absolute atomic E-state index is 8.73. The molecule has 98 valence electrons. The van der Waals surface area contributed by atoms with Gasteiger partial charge in [-0.2, -0.15) is 5.11 Å². The summed E-state index contributed by atoms with van der Waals surface area (Å²) in [5, 5.41) is 30.9. The first-order valence-electron chi connectivity index (χ1n) is 5.21. The molecule has 0 aliphatic rings. The lowest BCUT2D eigenvalue weighted by Crippen LogP contribution is -2.18. The number of aliphatic hydroxyl groups is 2. The monoisotopic (exact) mass is 252 g/mol. The Morgan fingerprint density at radius 1 is 1.39 bits per heavy atom. The Labute approximate surface area is 104 Å². The smallest absolute Gasteiger partial charge is 0.255 e. The largest absolute Gasteiger partial charge is 0.380 e. The van der Waals surface area contributed by atoms with Gasteiger partial charge in [-0.15, -0.1) is 10.2 Å². The minimum Gasteiger partial charge on any atom is -0.380 e. The summed E-state index contributed by atoms with van der Waals surface area (Å²) in [5.74, 6) is 4.81. The van der Waals surface area contributed by atoms with Crippen molar-refractivity contribution < 1.29 is 10.2 Å². The van der Waals surface area contributed by atoms with E-state index < -0.39 is 6.29 Å². The third-order valence-electron chi connectivity index (χ3n) is 1.97. The summed E-state index contributed by atoms with van der Waals surface area (Å²) in [4.78, 5) is 0. The topological polar surface area (TPSA) is 142 Å². The number of aliphatic hydroxyl groups excluding tert-OH is 1. The predicted octanol–water partition coefficient (Wildman–Crippen LogP) is -0.450. The lowest BCUT2D eigenvalue weighted by Gasteiger charge is -2.08. The first-order chi connectivity index (χ1) is 8.61. The number of rotatable bonds is 5. The molecule has 0 aliphatic carbocycles. The van der Waals surface area contributed by atoms with E-state index in [1.807, 2.05) is 18.2 Å². The van der Waals surface area contributed by atoms with Gasteiger partial charge < -0.3 is 27.1 Å². The lowest BCUT2D eigenvalue weighted by atomic mass is 10.2. The summed E-state index contributed by atoms with van der Waals surface area (Å²) in [7, 11) is 0. The maximum Gasteiger partial charge on any atom is 0.255 e. The van der Waals surface area contributed by atoms with Crippen molar-refractivity contribution in [3.63, 3.8) is 0 Å². The van der Waals surface area contributed by atoms with E-state index in [0.29, 0.717) is 6.54 Å². The van der Waals surface area contributed by atoms with E-state index in [9.17, 15) is 0 Å². The molecule has 1 rings (SSSR count). The van der Waals surface area contributed by atoms with Crippen LogP contribution in [0.1, 0.15) is 5.56 Å². The second-order valence-corrected chi connectivity index (χ2v) is 3.45. The van der Waals surface area contributed by atoms with Crippen molar-refractivity contribution in [3.8, 4) is 0 Å². The van der Waals surface area contributed by atoms with Crippen LogP contribution in [0.4, 0.5) is 5.69 Å². The molecule has 0 bridgehead atoms. The molecular weight excluding hydrogens is 236 g/mol. The zero-order valence-electron chi connectivity index (χ0n) is 9.69. The minimum atomic E-state index is -1.39. The van der Waals surface area contributed by atoms with Crippen molar-refractivity contribution in [2.45, 2.75) is 12.8 Å². The average Bonchev–Trinajstić information content (AvgIpc) is 2.36. The number of benzene rings is 1. The van der Waals surface area contributed by atoms with Crippen molar-refractivity contribution >= 4 is 11.6 Å². The van der Waals surface area contributed by atoms with Crippen molar-refractivity contribution in [2.75, 3.05) is 11.9 Å². The van der Waals surface area contributed by atoms with Crippen LogP contribution >= 0.6 is 0 Å². The van der Waals surface area contributed by atoms with Crippen molar-refractivity contribution in [3.05, 3.63) is 29.8 Å². The fourth-order valence-corrected chi connectivity index (χ4v) is 1.20. The van der Waals surface area contributed by atoms with E-state index in [2.05, 4.69) is 20.6 Å². The van der Waals surface area contributed by atoms with Crippen LogP contribution in [0.5, 0.6) is 0 Å². The molecular formula is C10H16N6O2. The zero-order chi connectivity index (χ0) is 13.4. The van der Waals surface area contributed by atoms with Crippen LogP contribution in [-0.2, 0) is 6.54 Å². The number of guanidine groups is 1. The molecule has 8 nitrogen and oxygen atoms in total. The predicted molar refractivity (Wildman–Crippen MR) is 67.5 cm³/mol. The molecule has 0 saturated heterocycles. The molecule has 0 unspecified atom stereocenters. The summed E-state index contributed by atoms with van der Waals surface area (Å²) in [6.45, 7) is 0.380. The van der Waals surface area contributed by atoms with Crippen LogP contribution in [0.2, 0.25) is 0 Å². The van der Waals surface area contributed by atoms with E-state index >= 15 is 0 Å². The first-order valence-corrected chi connectivity index (χ1v) is 5.21. The Kier molecular flexibility index (Phi) is 5.55. The fraction of sp³-hybridized carbons (Fsp3) is 0.300. The first kappa shape index (κ1) is 13.9. The molecule has 0 spiro atoms. The number of anilines is 1. The van der Waals surface area contributed by atoms with Gasteiger partial charge >= 0.3 is 0 Å². The normalized spacial score (nSPS) is 12.3. The highest BCUT2D eigenvalue weighted by Gasteiger charge is 1.98. The number of hydrazone groups is 1. The minimum absolute atomic E-state index is 0.0533. The van der Waals surface area contributed by atoms with Crippen molar-refractivity contribution in [1.82, 2.24) is 0 Å². The van der Waals surface area contributed by atoms with Crippen molar-refractivity contribution in [1.29, 1.82) is 0 Å². The molecule has 8 heteroatoms. The van der Waals surface area contributed by atoms with Gasteiger partial charge in [0.05, 0.1) is 13.1 Å². The molecule has 0 atom stereocenters. The van der Waals surface area contributed by atoms with Gasteiger partial charge in [-0.3, -0.25) is 0 Å². The molecule has 1 aromatic rings. The van der Waals surface area contributed by atoms with Gasteiger partial charge in [0.25, 0.3) is 5.96 Å². The Balaban J connectivity index is 2.56. The number of hydrogen-bond donors (Lipinski definition) is 5. The van der Waals surface area contributed by atoms with Crippen LogP contribution in [0.25, 0.3) is 0 Å². The molecule has 0 aromatic heterocycles. The van der Waals surface area contributed by atoms with Gasteiger partial charge in [-0.25, -0.2) is 0 Å². The number of hydrogen-bond acceptors (Lipinski definition) is 6. The molecule has 0 saturated carbocycles. The van der Waals surface area contributed by atoms with E-state index in [4.69, 9.17) is 21.8 Å². The molecule has 18 heavy (non-hydrogen) atoms. The summed E-state index contributed by atoms with van der Waals surface area (Å²) < 4.78 is 0. The van der Waals surface area contributed by atoms with Crippen LogP contribution < -0.4 is 16.9 Å². The highest BCUT2D eigenvalue weighted by Crippen LogP contribution is 2.11. The van der Waals surface area contributed by atoms with Gasteiger partial charge in [0, 0.05) is 5.69 Å². The number of nitrogens with zero attached hydrogens (tertiary/aromatic N) is 3. The maximum atomic E-state index is 8.73. The summed E-state index contributed by atoms with van der Waals surface area (Å²) >= 11 is 0. The molecule has 0 fully saturated rings. The average molecular weight is 252 g/mol. The molecule has 0 amide bonds. The molecule has 0 aliphatic heterocycles. The van der Waals surface area contributed by atoms with Gasteiger partial charge in [0.2, 0.25) is 0 Å². The quantitative estimate of drug-likeness (QED) is 0.120. The number of nitrogens with two attached hydrogens (primary N) is 2. The van der Waals surface area contributed by atoms with Crippen LogP contribution in [0.15, 0.2) is 39.6 Å². The standard InChI is InChI=1S/C10H16N6O2/c11-10(15-12)16-14-5-7-2-1-3-8(4-7)13-6-9(17)18/h1-4,9,13,17-18H,5-6,12H2,(H2,11,15). The van der Waals surface area contributed by atoms with E-state index in [0.717, 1.165) is 11.3 Å². The molecule has 7 N–H and O–H groups in total. The van der Waals surface area contributed by atoms with E-state index in [1.165, 1.54) is 0 Å². The third-order valence-corrected chi connectivity index (χ3v) is 1.97. The van der Waals surface area contributed by atoms with Gasteiger partial charge in [-0.05, 0) is 17.7 Å². The molecule has 0 radical (unpaired) electrons. The second kappa shape index (κ2) is 7.20. The summed E-state index contributed by atoms with van der Waals surface area (Å²) in [6, 6.07) is 7.29. The highest BCUT2D eigenvalue weighted by molar-refractivity contribution is 5.77. The molecule has 1 aromatic carbocycles. The summed E-state index contributed by atoms with van der Waals surface area (Å²) in [6.07, 6.45) is -1.39. The second-order valence-electron chi connectivity index (χ2n) is 3.45. The van der Waals surface area contributed by atoms with Crippen molar-refractivity contribution in [2.24, 2.45) is 26.9 Å². The SMILES string of the molecule is NN=C(N)N=NCc1cccc(NCC(O)O)c1. The van der Waals surface area contributed by atoms with Crippen LogP contribution in [0.3, 0.4) is 0 Å². The van der Waals surface area contributed by atoms with E-state index in [1.54, 1.807) is 6.07 Å². The number of nitrogens with one attached hydrogen (secondary N) is 1. The van der Waals surface area contributed by atoms with Crippen LogP contribution in [-0.4, -0.2) is 29.0 Å². The number of azo groups is 1. The Bertz CT molecular complexity index is 432. The highest BCUT2D eigenvalue weighted by atomic mass is 16.5. The van der Waals surface area contributed by atoms with E-state index in [-0.39, 0.29) is 12.5 Å².